The molecular weight excluding hydrogens is 481 g/mol. The van der Waals surface area contributed by atoms with Crippen molar-refractivity contribution in [3.8, 4) is 33.9 Å². The zero-order valence-electron chi connectivity index (χ0n) is 21.3. The van der Waals surface area contributed by atoms with E-state index in [0.29, 0.717) is 36.5 Å². The number of carboxylic acid groups (broad SMARTS) is 1. The molecule has 5 nitrogen and oxygen atoms in total. The summed E-state index contributed by atoms with van der Waals surface area (Å²) >= 11 is 0. The molecule has 192 valence electrons. The number of hydrogen-bond donors (Lipinski definition) is 1. The summed E-state index contributed by atoms with van der Waals surface area (Å²) in [6.45, 7) is 4.51. The summed E-state index contributed by atoms with van der Waals surface area (Å²) in [6.07, 6.45) is 2.74. The van der Waals surface area contributed by atoms with Gasteiger partial charge in [0.15, 0.2) is 0 Å². The van der Waals surface area contributed by atoms with Gasteiger partial charge in [0.25, 0.3) is 0 Å². The average molecular weight is 510 g/mol. The van der Waals surface area contributed by atoms with Crippen LogP contribution in [0.5, 0.6) is 11.5 Å². The van der Waals surface area contributed by atoms with Gasteiger partial charge in [-0.3, -0.25) is 9.78 Å². The first-order valence-corrected chi connectivity index (χ1v) is 12.9. The van der Waals surface area contributed by atoms with E-state index in [-0.39, 0.29) is 18.2 Å². The normalized spacial score (nSPS) is 17.6. The van der Waals surface area contributed by atoms with Gasteiger partial charge in [0, 0.05) is 40.4 Å². The van der Waals surface area contributed by atoms with E-state index >= 15 is 4.39 Å². The molecule has 38 heavy (non-hydrogen) atoms. The molecule has 0 amide bonds. The second-order valence-corrected chi connectivity index (χ2v) is 10.1. The number of nitrogens with zero attached hydrogens (tertiary/aromatic N) is 1. The number of carboxylic acids is 1. The lowest BCUT2D eigenvalue weighted by atomic mass is 9.90. The van der Waals surface area contributed by atoms with E-state index in [1.807, 2.05) is 30.3 Å². The smallest absolute Gasteiger partial charge is 0.304 e. The molecule has 6 heteroatoms. The predicted octanol–water partition coefficient (Wildman–Crippen LogP) is 7.19. The standard InChI is InChI=1S/C32H28FNO4/c1-18-5-3-6-19(2)30(18)32-25(7-4-14-34-32)23-10-12-26(33)31-24(23)11-13-27(31)38-21-8-9-22-20(15-29(35)36)17-37-28(22)16-21/h3-10,12,14,16,20,27H,11,13,15,17H2,1-2H3,(H,35,36)/t20-,27-/m1/s1. The van der Waals surface area contributed by atoms with Crippen LogP contribution in [0.15, 0.2) is 66.9 Å². The molecule has 0 bridgehead atoms. The van der Waals surface area contributed by atoms with E-state index in [0.717, 1.165) is 44.6 Å². The Hall–Kier alpha value is -4.19. The Morgan fingerprint density at radius 2 is 1.89 bits per heavy atom. The van der Waals surface area contributed by atoms with Crippen LogP contribution in [-0.2, 0) is 11.2 Å². The molecule has 2 heterocycles. The first-order valence-electron chi connectivity index (χ1n) is 12.9. The number of hydrogen-bond acceptors (Lipinski definition) is 4. The molecular formula is C32H28FNO4. The largest absolute Gasteiger partial charge is 0.492 e. The molecule has 6 rings (SSSR count). The second-order valence-electron chi connectivity index (χ2n) is 10.1. The van der Waals surface area contributed by atoms with Gasteiger partial charge in [0.2, 0.25) is 0 Å². The third-order valence-corrected chi connectivity index (χ3v) is 7.66. The fourth-order valence-electron chi connectivity index (χ4n) is 5.93. The number of rotatable bonds is 6. The van der Waals surface area contributed by atoms with E-state index in [1.54, 1.807) is 12.3 Å². The van der Waals surface area contributed by atoms with Crippen LogP contribution in [0.1, 0.15) is 52.7 Å². The monoisotopic (exact) mass is 509 g/mol. The summed E-state index contributed by atoms with van der Waals surface area (Å²) in [5.41, 5.74) is 8.67. The molecule has 1 aliphatic heterocycles. The molecule has 2 aliphatic rings. The molecule has 0 unspecified atom stereocenters. The van der Waals surface area contributed by atoms with Crippen molar-refractivity contribution in [1.29, 1.82) is 0 Å². The highest BCUT2D eigenvalue weighted by molar-refractivity contribution is 5.85. The molecule has 0 spiro atoms. The molecule has 0 radical (unpaired) electrons. The fourth-order valence-corrected chi connectivity index (χ4v) is 5.93. The molecule has 1 aromatic heterocycles. The maximum atomic E-state index is 15.3. The molecule has 4 aromatic rings. The maximum Gasteiger partial charge on any atom is 0.304 e. The number of ether oxygens (including phenoxy) is 2. The predicted molar refractivity (Wildman–Crippen MR) is 143 cm³/mol. The third-order valence-electron chi connectivity index (χ3n) is 7.66. The Balaban J connectivity index is 1.35. The molecule has 1 aliphatic carbocycles. The Morgan fingerprint density at radius 1 is 1.08 bits per heavy atom. The maximum absolute atomic E-state index is 15.3. The number of benzene rings is 3. The van der Waals surface area contributed by atoms with Gasteiger partial charge < -0.3 is 14.6 Å². The van der Waals surface area contributed by atoms with Crippen LogP contribution in [0.3, 0.4) is 0 Å². The topological polar surface area (TPSA) is 68.7 Å². The molecule has 0 saturated carbocycles. The summed E-state index contributed by atoms with van der Waals surface area (Å²) in [5.74, 6) is -0.0817. The average Bonchev–Trinajstić information content (AvgIpc) is 3.49. The van der Waals surface area contributed by atoms with Crippen LogP contribution >= 0.6 is 0 Å². The van der Waals surface area contributed by atoms with Crippen LogP contribution in [0, 0.1) is 19.7 Å². The van der Waals surface area contributed by atoms with Gasteiger partial charge in [-0.2, -0.15) is 0 Å². The van der Waals surface area contributed by atoms with E-state index < -0.39 is 12.1 Å². The summed E-state index contributed by atoms with van der Waals surface area (Å²) in [4.78, 5) is 15.9. The number of halogens is 1. The minimum absolute atomic E-state index is 0.0234. The van der Waals surface area contributed by atoms with Gasteiger partial charge in [0.05, 0.1) is 18.7 Å². The number of aryl methyl sites for hydroxylation is 2. The molecule has 3 aromatic carbocycles. The van der Waals surface area contributed by atoms with E-state index in [9.17, 15) is 4.79 Å². The summed E-state index contributed by atoms with van der Waals surface area (Å²) in [6, 6.07) is 19.1. The van der Waals surface area contributed by atoms with Crippen molar-refractivity contribution in [2.75, 3.05) is 6.61 Å². The van der Waals surface area contributed by atoms with Crippen LogP contribution in [0.2, 0.25) is 0 Å². The van der Waals surface area contributed by atoms with E-state index in [4.69, 9.17) is 19.6 Å². The molecule has 0 saturated heterocycles. The van der Waals surface area contributed by atoms with Gasteiger partial charge in [-0.05, 0) is 67.1 Å². The number of aliphatic carboxylic acids is 1. The number of carbonyl (C=O) groups is 1. The van der Waals surface area contributed by atoms with Crippen LogP contribution in [0.25, 0.3) is 22.4 Å². The van der Waals surface area contributed by atoms with E-state index in [1.165, 1.54) is 6.07 Å². The third kappa shape index (κ3) is 4.20. The lowest BCUT2D eigenvalue weighted by Crippen LogP contribution is -2.07. The highest BCUT2D eigenvalue weighted by Crippen LogP contribution is 2.45. The first kappa shape index (κ1) is 24.2. The lowest BCUT2D eigenvalue weighted by molar-refractivity contribution is -0.137. The SMILES string of the molecule is Cc1cccc(C)c1-c1ncccc1-c1ccc(F)c2c1CC[C@H]2Oc1ccc2c(c1)OC[C@H]2CC(=O)O. The van der Waals surface area contributed by atoms with E-state index in [2.05, 4.69) is 32.0 Å². The lowest BCUT2D eigenvalue weighted by Gasteiger charge is -2.19. The second kappa shape index (κ2) is 9.60. The Morgan fingerprint density at radius 3 is 2.68 bits per heavy atom. The van der Waals surface area contributed by atoms with Crippen molar-refractivity contribution in [3.05, 3.63) is 100 Å². The van der Waals surface area contributed by atoms with Gasteiger partial charge >= 0.3 is 5.97 Å². The van der Waals surface area contributed by atoms with Gasteiger partial charge in [0.1, 0.15) is 23.4 Å². The Kier molecular flexibility index (Phi) is 6.10. The van der Waals surface area contributed by atoms with Gasteiger partial charge in [-0.25, -0.2) is 4.39 Å². The van der Waals surface area contributed by atoms with Crippen molar-refractivity contribution in [2.45, 2.75) is 45.1 Å². The minimum atomic E-state index is -0.852. The van der Waals surface area contributed by atoms with Crippen molar-refractivity contribution < 1.29 is 23.8 Å². The number of aromatic nitrogens is 1. The number of pyridine rings is 1. The molecule has 1 N–H and O–H groups in total. The zero-order valence-corrected chi connectivity index (χ0v) is 21.3. The van der Waals surface area contributed by atoms with Crippen molar-refractivity contribution in [3.63, 3.8) is 0 Å². The van der Waals surface area contributed by atoms with Crippen LogP contribution in [0.4, 0.5) is 4.39 Å². The fraction of sp³-hybridized carbons (Fsp3) is 0.250. The molecule has 2 atom stereocenters. The van der Waals surface area contributed by atoms with Gasteiger partial charge in [-0.15, -0.1) is 0 Å². The molecule has 0 fully saturated rings. The zero-order chi connectivity index (χ0) is 26.4. The summed E-state index contributed by atoms with van der Waals surface area (Å²) in [5, 5.41) is 9.16. The highest BCUT2D eigenvalue weighted by atomic mass is 19.1. The summed E-state index contributed by atoms with van der Waals surface area (Å²) < 4.78 is 27.4. The first-order chi connectivity index (χ1) is 18.4. The van der Waals surface area contributed by atoms with Gasteiger partial charge in [-0.1, -0.05) is 36.4 Å². The number of fused-ring (bicyclic) bond motifs is 2. The quantitative estimate of drug-likeness (QED) is 0.298. The Bertz CT molecular complexity index is 1540. The summed E-state index contributed by atoms with van der Waals surface area (Å²) in [7, 11) is 0. The van der Waals surface area contributed by atoms with Crippen molar-refractivity contribution >= 4 is 5.97 Å². The van der Waals surface area contributed by atoms with Crippen molar-refractivity contribution in [1.82, 2.24) is 4.98 Å². The van der Waals surface area contributed by atoms with Crippen LogP contribution < -0.4 is 9.47 Å². The highest BCUT2D eigenvalue weighted by Gasteiger charge is 2.32. The minimum Gasteiger partial charge on any atom is -0.492 e. The Labute approximate surface area is 220 Å². The van der Waals surface area contributed by atoms with Crippen LogP contribution in [-0.4, -0.2) is 22.7 Å². The van der Waals surface area contributed by atoms with Crippen molar-refractivity contribution in [2.24, 2.45) is 0 Å².